The predicted molar refractivity (Wildman–Crippen MR) is 103 cm³/mol. The van der Waals surface area contributed by atoms with Crippen LogP contribution in [0, 0.1) is 5.82 Å². The van der Waals surface area contributed by atoms with Crippen molar-refractivity contribution in [3.05, 3.63) is 77.2 Å². The predicted octanol–water partition coefficient (Wildman–Crippen LogP) is 4.14. The van der Waals surface area contributed by atoms with Crippen LogP contribution in [0.25, 0.3) is 16.2 Å². The molecule has 0 saturated heterocycles. The van der Waals surface area contributed by atoms with E-state index >= 15 is 0 Å². The lowest BCUT2D eigenvalue weighted by molar-refractivity contribution is 0.0945. The number of methoxy groups -OCH3 is 1. The number of halogens is 1. The Balaban J connectivity index is 1.56. The zero-order valence-electron chi connectivity index (χ0n) is 14.5. The van der Waals surface area contributed by atoms with Crippen LogP contribution in [0.2, 0.25) is 0 Å². The smallest absolute Gasteiger partial charge is 0.269 e. The van der Waals surface area contributed by atoms with Crippen molar-refractivity contribution in [1.29, 1.82) is 0 Å². The first-order valence-corrected chi connectivity index (χ1v) is 9.16. The summed E-state index contributed by atoms with van der Waals surface area (Å²) in [5, 5.41) is 4.69. The molecular formula is C20H16FN3O2S. The van der Waals surface area contributed by atoms with E-state index in [1.807, 2.05) is 24.3 Å². The Morgan fingerprint density at radius 3 is 2.78 bits per heavy atom. The van der Waals surface area contributed by atoms with Gasteiger partial charge >= 0.3 is 0 Å². The summed E-state index contributed by atoms with van der Waals surface area (Å²) in [5.41, 5.74) is 2.90. The van der Waals surface area contributed by atoms with Gasteiger partial charge in [0.1, 0.15) is 17.3 Å². The minimum Gasteiger partial charge on any atom is -0.496 e. The van der Waals surface area contributed by atoms with Gasteiger partial charge in [-0.2, -0.15) is 0 Å². The lowest BCUT2D eigenvalue weighted by atomic mass is 10.2. The van der Waals surface area contributed by atoms with Crippen LogP contribution in [0.3, 0.4) is 0 Å². The molecule has 27 heavy (non-hydrogen) atoms. The number of nitrogens with one attached hydrogen (secondary N) is 1. The monoisotopic (exact) mass is 381 g/mol. The number of amides is 1. The molecule has 5 nitrogen and oxygen atoms in total. The van der Waals surface area contributed by atoms with Crippen LogP contribution in [-0.4, -0.2) is 22.4 Å². The van der Waals surface area contributed by atoms with Gasteiger partial charge in [0.2, 0.25) is 0 Å². The highest BCUT2D eigenvalue weighted by atomic mass is 32.1. The number of hydrogen-bond acceptors (Lipinski definition) is 4. The van der Waals surface area contributed by atoms with Gasteiger partial charge in [-0.1, -0.05) is 18.2 Å². The van der Waals surface area contributed by atoms with E-state index in [0.29, 0.717) is 22.9 Å². The first-order chi connectivity index (χ1) is 13.2. The highest BCUT2D eigenvalue weighted by molar-refractivity contribution is 7.15. The topological polar surface area (TPSA) is 55.6 Å². The first kappa shape index (κ1) is 17.2. The molecule has 7 heteroatoms. The van der Waals surface area contributed by atoms with Gasteiger partial charge in [0.25, 0.3) is 5.91 Å². The quantitative estimate of drug-likeness (QED) is 0.565. The summed E-state index contributed by atoms with van der Waals surface area (Å²) < 4.78 is 20.2. The fourth-order valence-electron chi connectivity index (χ4n) is 2.82. The summed E-state index contributed by atoms with van der Waals surface area (Å²) >= 11 is 1.38. The van der Waals surface area contributed by atoms with Crippen LogP contribution < -0.4 is 10.1 Å². The number of imidazole rings is 1. The summed E-state index contributed by atoms with van der Waals surface area (Å²) in [7, 11) is 1.60. The summed E-state index contributed by atoms with van der Waals surface area (Å²) in [5.74, 6) is 0.237. The van der Waals surface area contributed by atoms with Crippen LogP contribution in [0.15, 0.2) is 60.1 Å². The van der Waals surface area contributed by atoms with Crippen molar-refractivity contribution in [3.63, 3.8) is 0 Å². The van der Waals surface area contributed by atoms with E-state index < -0.39 is 0 Å². The third-order valence-electron chi connectivity index (χ3n) is 4.21. The van der Waals surface area contributed by atoms with Crippen molar-refractivity contribution in [2.45, 2.75) is 6.54 Å². The molecule has 0 unspecified atom stereocenters. The van der Waals surface area contributed by atoms with Gasteiger partial charge in [0, 0.05) is 29.2 Å². The van der Waals surface area contributed by atoms with Crippen LogP contribution in [0.4, 0.5) is 4.39 Å². The van der Waals surface area contributed by atoms with Crippen molar-refractivity contribution >= 4 is 22.2 Å². The molecule has 2 aromatic carbocycles. The number of benzene rings is 2. The fraction of sp³-hybridized carbons (Fsp3) is 0.100. The molecule has 0 bridgehead atoms. The van der Waals surface area contributed by atoms with Crippen LogP contribution in [-0.2, 0) is 6.54 Å². The van der Waals surface area contributed by atoms with E-state index in [1.54, 1.807) is 35.2 Å². The largest absolute Gasteiger partial charge is 0.496 e. The second-order valence-electron chi connectivity index (χ2n) is 5.90. The van der Waals surface area contributed by atoms with E-state index in [1.165, 1.54) is 23.5 Å². The summed E-state index contributed by atoms with van der Waals surface area (Å²) in [6, 6.07) is 13.7. The molecule has 1 N–H and O–H groups in total. The Morgan fingerprint density at radius 1 is 1.22 bits per heavy atom. The number of thiazole rings is 1. The van der Waals surface area contributed by atoms with Gasteiger partial charge in [-0.05, 0) is 30.3 Å². The number of nitrogens with zero attached hydrogens (tertiary/aromatic N) is 2. The van der Waals surface area contributed by atoms with Crippen molar-refractivity contribution in [3.8, 4) is 17.0 Å². The normalized spacial score (nSPS) is 10.9. The molecule has 1 amide bonds. The molecule has 0 aliphatic heterocycles. The maximum atomic E-state index is 13.1. The van der Waals surface area contributed by atoms with Crippen molar-refractivity contribution < 1.29 is 13.9 Å². The van der Waals surface area contributed by atoms with E-state index in [4.69, 9.17) is 4.74 Å². The highest BCUT2D eigenvalue weighted by Crippen LogP contribution is 2.24. The SMILES string of the molecule is COc1ccccc1CNC(=O)c1csc2nc(-c3ccc(F)cc3)cn12. The molecule has 0 spiro atoms. The van der Waals surface area contributed by atoms with Crippen LogP contribution >= 0.6 is 11.3 Å². The van der Waals surface area contributed by atoms with Gasteiger partial charge in [-0.3, -0.25) is 9.20 Å². The molecular weight excluding hydrogens is 365 g/mol. The fourth-order valence-corrected chi connectivity index (χ4v) is 3.68. The third kappa shape index (κ3) is 3.41. The van der Waals surface area contributed by atoms with E-state index in [-0.39, 0.29) is 11.7 Å². The molecule has 0 radical (unpaired) electrons. The summed E-state index contributed by atoms with van der Waals surface area (Å²) in [4.78, 5) is 17.9. The minimum atomic E-state index is -0.295. The molecule has 0 saturated carbocycles. The Kier molecular flexibility index (Phi) is 4.60. The molecule has 136 valence electrons. The lowest BCUT2D eigenvalue weighted by Gasteiger charge is -2.09. The maximum Gasteiger partial charge on any atom is 0.269 e. The molecule has 0 aliphatic rings. The number of hydrogen-bond donors (Lipinski definition) is 1. The summed E-state index contributed by atoms with van der Waals surface area (Å²) in [6.07, 6.45) is 1.79. The van der Waals surface area contributed by atoms with E-state index in [2.05, 4.69) is 10.3 Å². The van der Waals surface area contributed by atoms with Gasteiger partial charge in [0.15, 0.2) is 4.96 Å². The summed E-state index contributed by atoms with van der Waals surface area (Å²) in [6.45, 7) is 0.361. The number of carbonyl (C=O) groups is 1. The third-order valence-corrected chi connectivity index (χ3v) is 5.05. The molecule has 2 aromatic heterocycles. The van der Waals surface area contributed by atoms with Crippen molar-refractivity contribution in [2.75, 3.05) is 7.11 Å². The van der Waals surface area contributed by atoms with Crippen LogP contribution in [0.5, 0.6) is 5.75 Å². The number of aromatic nitrogens is 2. The first-order valence-electron chi connectivity index (χ1n) is 8.28. The standard InChI is InChI=1S/C20H16FN3O2S/c1-26-18-5-3-2-4-14(18)10-22-19(25)17-12-27-20-23-16(11-24(17)20)13-6-8-15(21)9-7-13/h2-9,11-12H,10H2,1H3,(H,22,25). The Bertz CT molecular complexity index is 1100. The number of carbonyl (C=O) groups excluding carboxylic acids is 1. The molecule has 0 atom stereocenters. The minimum absolute atomic E-state index is 0.199. The maximum absolute atomic E-state index is 13.1. The van der Waals surface area contributed by atoms with Gasteiger partial charge in [-0.15, -0.1) is 11.3 Å². The van der Waals surface area contributed by atoms with Crippen molar-refractivity contribution in [1.82, 2.24) is 14.7 Å². The van der Waals surface area contributed by atoms with E-state index in [9.17, 15) is 9.18 Å². The Morgan fingerprint density at radius 2 is 2.00 bits per heavy atom. The second kappa shape index (κ2) is 7.20. The number of rotatable bonds is 5. The Hall–Kier alpha value is -3.19. The molecule has 4 aromatic rings. The number of para-hydroxylation sites is 1. The lowest BCUT2D eigenvalue weighted by Crippen LogP contribution is -2.24. The number of ether oxygens (including phenoxy) is 1. The average Bonchev–Trinajstić information content (AvgIpc) is 3.27. The van der Waals surface area contributed by atoms with Gasteiger partial charge < -0.3 is 10.1 Å². The van der Waals surface area contributed by atoms with Gasteiger partial charge in [-0.25, -0.2) is 9.37 Å². The number of fused-ring (bicyclic) bond motifs is 1. The second-order valence-corrected chi connectivity index (χ2v) is 6.74. The van der Waals surface area contributed by atoms with Gasteiger partial charge in [0.05, 0.1) is 12.8 Å². The zero-order chi connectivity index (χ0) is 18.8. The van der Waals surface area contributed by atoms with E-state index in [0.717, 1.165) is 16.9 Å². The average molecular weight is 381 g/mol. The zero-order valence-corrected chi connectivity index (χ0v) is 15.3. The molecule has 0 aliphatic carbocycles. The molecule has 0 fully saturated rings. The highest BCUT2D eigenvalue weighted by Gasteiger charge is 2.15. The molecule has 4 rings (SSSR count). The molecule has 2 heterocycles. The van der Waals surface area contributed by atoms with Crippen molar-refractivity contribution in [2.24, 2.45) is 0 Å². The Labute approximate surface area is 159 Å². The van der Waals surface area contributed by atoms with Crippen LogP contribution in [0.1, 0.15) is 16.1 Å².